The van der Waals surface area contributed by atoms with Crippen molar-refractivity contribution in [3.8, 4) is 5.75 Å². The summed E-state index contributed by atoms with van der Waals surface area (Å²) in [4.78, 5) is 12.3. The first kappa shape index (κ1) is 18.8. The summed E-state index contributed by atoms with van der Waals surface area (Å²) in [6, 6.07) is 13.3. The molecule has 0 aliphatic rings. The van der Waals surface area contributed by atoms with Gasteiger partial charge >= 0.3 is 0 Å². The van der Waals surface area contributed by atoms with Gasteiger partial charge in [-0.1, -0.05) is 32.3 Å². The van der Waals surface area contributed by atoms with E-state index in [1.54, 1.807) is 0 Å². The topological polar surface area (TPSA) is 38.3 Å². The van der Waals surface area contributed by atoms with Crippen molar-refractivity contribution in [3.63, 3.8) is 0 Å². The Kier molecular flexibility index (Phi) is 7.56. The molecule has 2 aromatic rings. The second kappa shape index (κ2) is 9.67. The molecule has 1 amide bonds. The van der Waals surface area contributed by atoms with E-state index in [0.29, 0.717) is 5.56 Å². The lowest BCUT2D eigenvalue weighted by Crippen LogP contribution is -2.12. The van der Waals surface area contributed by atoms with E-state index in [0.717, 1.165) is 28.0 Å². The quantitative estimate of drug-likeness (QED) is 0.418. The molecule has 0 saturated heterocycles. The molecular formula is C20H24INO2. The molecule has 0 unspecified atom stereocenters. The highest BCUT2D eigenvalue weighted by molar-refractivity contribution is 14.1. The highest BCUT2D eigenvalue weighted by Crippen LogP contribution is 2.18. The molecule has 0 radical (unpaired) electrons. The molecule has 1 N–H and O–H groups in total. The van der Waals surface area contributed by atoms with E-state index in [9.17, 15) is 4.79 Å². The molecule has 0 fully saturated rings. The molecule has 24 heavy (non-hydrogen) atoms. The van der Waals surface area contributed by atoms with Crippen LogP contribution in [0.2, 0.25) is 0 Å². The molecule has 128 valence electrons. The smallest absolute Gasteiger partial charge is 0.255 e. The van der Waals surface area contributed by atoms with Gasteiger partial charge in [-0.2, -0.15) is 0 Å². The third-order valence-corrected chi connectivity index (χ3v) is 4.98. The maximum atomic E-state index is 12.3. The second-order valence-corrected chi connectivity index (χ2v) is 7.01. The van der Waals surface area contributed by atoms with Crippen LogP contribution >= 0.6 is 22.6 Å². The van der Waals surface area contributed by atoms with E-state index >= 15 is 0 Å². The Bertz CT molecular complexity index is 668. The fourth-order valence-corrected chi connectivity index (χ4v) is 2.81. The van der Waals surface area contributed by atoms with Crippen LogP contribution in [0.4, 0.5) is 5.69 Å². The van der Waals surface area contributed by atoms with Gasteiger partial charge < -0.3 is 10.1 Å². The molecule has 2 rings (SSSR count). The van der Waals surface area contributed by atoms with Gasteiger partial charge in [-0.05, 0) is 77.9 Å². The van der Waals surface area contributed by atoms with Crippen molar-refractivity contribution in [1.82, 2.24) is 0 Å². The van der Waals surface area contributed by atoms with Crippen molar-refractivity contribution >= 4 is 34.2 Å². The van der Waals surface area contributed by atoms with E-state index < -0.39 is 0 Å². The molecule has 0 aromatic heterocycles. The van der Waals surface area contributed by atoms with Gasteiger partial charge in [0.25, 0.3) is 5.91 Å². The monoisotopic (exact) mass is 437 g/mol. The zero-order chi connectivity index (χ0) is 17.4. The minimum atomic E-state index is -0.0962. The highest BCUT2D eigenvalue weighted by Gasteiger charge is 2.07. The van der Waals surface area contributed by atoms with E-state index in [1.165, 1.54) is 24.8 Å². The molecule has 0 atom stereocenters. The van der Waals surface area contributed by atoms with E-state index in [2.05, 4.69) is 34.8 Å². The van der Waals surface area contributed by atoms with Crippen LogP contribution < -0.4 is 10.1 Å². The summed E-state index contributed by atoms with van der Waals surface area (Å²) in [5, 5.41) is 2.92. The van der Waals surface area contributed by atoms with Crippen LogP contribution in [0, 0.1) is 10.5 Å². The number of carbonyl (C=O) groups is 1. The number of nitrogens with one attached hydrogen (secondary N) is 1. The lowest BCUT2D eigenvalue weighted by atomic mass is 10.1. The predicted molar refractivity (Wildman–Crippen MR) is 108 cm³/mol. The minimum absolute atomic E-state index is 0.0962. The molecule has 0 aliphatic heterocycles. The van der Waals surface area contributed by atoms with E-state index in [4.69, 9.17) is 4.74 Å². The van der Waals surface area contributed by atoms with Crippen LogP contribution in [0.1, 0.15) is 48.5 Å². The molecule has 0 bridgehead atoms. The fourth-order valence-electron chi connectivity index (χ4n) is 2.29. The Morgan fingerprint density at radius 3 is 2.50 bits per heavy atom. The summed E-state index contributed by atoms with van der Waals surface area (Å²) in [6.45, 7) is 4.98. The summed E-state index contributed by atoms with van der Waals surface area (Å²) in [6.07, 6.45) is 4.78. The summed E-state index contributed by atoms with van der Waals surface area (Å²) in [5.74, 6) is 0.746. The van der Waals surface area contributed by atoms with Gasteiger partial charge in [0.2, 0.25) is 0 Å². The molecule has 4 heteroatoms. The number of amides is 1. The molecule has 0 heterocycles. The fraction of sp³-hybridized carbons (Fsp3) is 0.350. The summed E-state index contributed by atoms with van der Waals surface area (Å²) < 4.78 is 6.80. The van der Waals surface area contributed by atoms with Crippen molar-refractivity contribution in [3.05, 3.63) is 57.2 Å². The number of aryl methyl sites for hydroxylation is 1. The number of hydrogen-bond donors (Lipinski definition) is 1. The Morgan fingerprint density at radius 1 is 1.08 bits per heavy atom. The van der Waals surface area contributed by atoms with Gasteiger partial charge in [0, 0.05) is 14.8 Å². The van der Waals surface area contributed by atoms with Crippen LogP contribution in [-0.2, 0) is 0 Å². The minimum Gasteiger partial charge on any atom is -0.494 e. The van der Waals surface area contributed by atoms with Crippen LogP contribution in [0.15, 0.2) is 42.5 Å². The van der Waals surface area contributed by atoms with Crippen LogP contribution in [0.25, 0.3) is 0 Å². The van der Waals surface area contributed by atoms with Crippen LogP contribution in [0.5, 0.6) is 5.75 Å². The van der Waals surface area contributed by atoms with Crippen molar-refractivity contribution in [2.45, 2.75) is 39.5 Å². The van der Waals surface area contributed by atoms with Crippen molar-refractivity contribution in [1.29, 1.82) is 0 Å². The number of hydrogen-bond acceptors (Lipinski definition) is 2. The highest BCUT2D eigenvalue weighted by atomic mass is 127. The summed E-state index contributed by atoms with van der Waals surface area (Å²) in [7, 11) is 0. The largest absolute Gasteiger partial charge is 0.494 e. The Labute approximate surface area is 157 Å². The Hall–Kier alpha value is -1.56. The lowest BCUT2D eigenvalue weighted by molar-refractivity contribution is 0.102. The van der Waals surface area contributed by atoms with Gasteiger partial charge in [0.05, 0.1) is 6.61 Å². The first-order valence-corrected chi connectivity index (χ1v) is 9.48. The van der Waals surface area contributed by atoms with Gasteiger partial charge in [-0.25, -0.2) is 0 Å². The van der Waals surface area contributed by atoms with Gasteiger partial charge in [-0.15, -0.1) is 0 Å². The average molecular weight is 437 g/mol. The third-order valence-electron chi connectivity index (χ3n) is 3.81. The van der Waals surface area contributed by atoms with Gasteiger partial charge in [0.15, 0.2) is 0 Å². The third kappa shape index (κ3) is 5.82. The Balaban J connectivity index is 1.86. The number of rotatable bonds is 8. The first-order valence-electron chi connectivity index (χ1n) is 8.40. The van der Waals surface area contributed by atoms with Gasteiger partial charge in [0.1, 0.15) is 5.75 Å². The maximum Gasteiger partial charge on any atom is 0.255 e. The van der Waals surface area contributed by atoms with Crippen molar-refractivity contribution in [2.75, 3.05) is 11.9 Å². The molecule has 0 spiro atoms. The predicted octanol–water partition coefficient (Wildman–Crippen LogP) is 5.81. The second-order valence-electron chi connectivity index (χ2n) is 5.85. The zero-order valence-corrected chi connectivity index (χ0v) is 16.4. The Morgan fingerprint density at radius 2 is 1.83 bits per heavy atom. The maximum absolute atomic E-state index is 12.3. The number of unbranched alkanes of at least 4 members (excludes halogenated alkanes) is 3. The molecule has 0 saturated carbocycles. The molecule has 3 nitrogen and oxygen atoms in total. The average Bonchev–Trinajstić information content (AvgIpc) is 2.58. The van der Waals surface area contributed by atoms with Gasteiger partial charge in [-0.3, -0.25) is 4.79 Å². The van der Waals surface area contributed by atoms with Crippen molar-refractivity contribution < 1.29 is 9.53 Å². The van der Waals surface area contributed by atoms with Crippen LogP contribution in [0.3, 0.4) is 0 Å². The number of carbonyl (C=O) groups excluding carboxylic acids is 1. The number of halogens is 1. The first-order chi connectivity index (χ1) is 11.6. The van der Waals surface area contributed by atoms with Crippen molar-refractivity contribution in [2.24, 2.45) is 0 Å². The van der Waals surface area contributed by atoms with Crippen LogP contribution in [-0.4, -0.2) is 12.5 Å². The molecular weight excluding hydrogens is 413 g/mol. The standard InChI is InChI=1S/C20H24INO2/c1-3-4-5-6-13-24-18-11-9-17(10-12-18)22-20(23)16-8-7-15(2)19(21)14-16/h7-12,14H,3-6,13H2,1-2H3,(H,22,23). The summed E-state index contributed by atoms with van der Waals surface area (Å²) >= 11 is 2.24. The normalized spacial score (nSPS) is 10.5. The SMILES string of the molecule is CCCCCCOc1ccc(NC(=O)c2ccc(C)c(I)c2)cc1. The lowest BCUT2D eigenvalue weighted by Gasteiger charge is -2.09. The van der Waals surface area contributed by atoms with E-state index in [1.807, 2.05) is 49.4 Å². The number of anilines is 1. The van der Waals surface area contributed by atoms with E-state index in [-0.39, 0.29) is 5.91 Å². The summed E-state index contributed by atoms with van der Waals surface area (Å²) in [5.41, 5.74) is 2.61. The zero-order valence-electron chi connectivity index (χ0n) is 14.3. The number of ether oxygens (including phenoxy) is 1. The molecule has 2 aromatic carbocycles. The molecule has 0 aliphatic carbocycles. The number of benzene rings is 2.